The maximum Gasteiger partial charge on any atom is 0.343 e. The summed E-state index contributed by atoms with van der Waals surface area (Å²) in [5, 5.41) is 2.64. The number of hydrogen-bond acceptors (Lipinski definition) is 5. The van der Waals surface area contributed by atoms with Gasteiger partial charge in [0.1, 0.15) is 11.5 Å². The quantitative estimate of drug-likeness (QED) is 0.135. The molecule has 39 heavy (non-hydrogen) atoms. The Morgan fingerprint density at radius 3 is 1.72 bits per heavy atom. The Balaban J connectivity index is 1.78. The number of rotatable bonds is 8. The molecule has 5 aromatic carbocycles. The molecule has 0 fully saturated rings. The number of halogens is 3. The summed E-state index contributed by atoms with van der Waals surface area (Å²) in [7, 11) is 0. The third-order valence-electron chi connectivity index (χ3n) is 5.65. The van der Waals surface area contributed by atoms with Crippen LogP contribution in [-0.4, -0.2) is 12.6 Å². The summed E-state index contributed by atoms with van der Waals surface area (Å²) in [6.07, 6.45) is 0. The summed E-state index contributed by atoms with van der Waals surface area (Å²) in [6, 6.07) is 27.4. The van der Waals surface area contributed by atoms with Crippen molar-refractivity contribution in [2.45, 2.75) is 6.92 Å². The number of carbonyl (C=O) groups is 1. The molecule has 0 radical (unpaired) electrons. The SMILES string of the molecule is CCOc1c(Oc2ccc(Cl)cc2)c(Oc2ccc(Cl)cc2)c(OC(=O)c2ccccc2)c2cc(Cl)ccc12. The molecule has 0 aliphatic heterocycles. The molecule has 5 rings (SSSR count). The predicted molar refractivity (Wildman–Crippen MR) is 155 cm³/mol. The minimum absolute atomic E-state index is 0.115. The lowest BCUT2D eigenvalue weighted by atomic mass is 10.1. The van der Waals surface area contributed by atoms with Gasteiger partial charge in [0.25, 0.3) is 0 Å². The number of benzene rings is 5. The van der Waals surface area contributed by atoms with Crippen LogP contribution in [0.15, 0.2) is 97.1 Å². The van der Waals surface area contributed by atoms with Crippen molar-refractivity contribution in [1.29, 1.82) is 0 Å². The monoisotopic (exact) mass is 578 g/mol. The fraction of sp³-hybridized carbons (Fsp3) is 0.0645. The Morgan fingerprint density at radius 1 is 0.615 bits per heavy atom. The first-order valence-corrected chi connectivity index (χ1v) is 13.1. The first-order chi connectivity index (χ1) is 18.9. The third-order valence-corrected chi connectivity index (χ3v) is 6.39. The van der Waals surface area contributed by atoms with Crippen LogP contribution in [0.1, 0.15) is 17.3 Å². The zero-order valence-corrected chi connectivity index (χ0v) is 22.9. The maximum absolute atomic E-state index is 13.3. The molecule has 0 heterocycles. The lowest BCUT2D eigenvalue weighted by Gasteiger charge is -2.22. The second kappa shape index (κ2) is 11.9. The molecule has 0 aliphatic carbocycles. The smallest absolute Gasteiger partial charge is 0.343 e. The molecule has 0 amide bonds. The van der Waals surface area contributed by atoms with E-state index in [1.807, 2.05) is 13.0 Å². The summed E-state index contributed by atoms with van der Waals surface area (Å²) in [4.78, 5) is 13.3. The molecule has 0 bridgehead atoms. The minimum atomic E-state index is -0.584. The highest BCUT2D eigenvalue weighted by Crippen LogP contribution is 2.54. The van der Waals surface area contributed by atoms with E-state index >= 15 is 0 Å². The van der Waals surface area contributed by atoms with E-state index in [1.165, 1.54) is 0 Å². The number of hydrogen-bond donors (Lipinski definition) is 0. The van der Waals surface area contributed by atoms with E-state index < -0.39 is 5.97 Å². The van der Waals surface area contributed by atoms with Crippen LogP contribution in [0.5, 0.6) is 34.5 Å². The molecule has 5 aromatic rings. The van der Waals surface area contributed by atoms with Crippen LogP contribution < -0.4 is 18.9 Å². The van der Waals surface area contributed by atoms with Gasteiger partial charge in [0.15, 0.2) is 11.5 Å². The number of ether oxygens (including phenoxy) is 4. The summed E-state index contributed by atoms with van der Waals surface area (Å²) in [6.45, 7) is 2.19. The van der Waals surface area contributed by atoms with Crippen molar-refractivity contribution in [2.24, 2.45) is 0 Å². The Hall–Kier alpha value is -3.90. The molecule has 0 saturated carbocycles. The first kappa shape index (κ1) is 26.7. The van der Waals surface area contributed by atoms with Gasteiger partial charge in [0.2, 0.25) is 11.5 Å². The largest absolute Gasteiger partial charge is 0.489 e. The van der Waals surface area contributed by atoms with Gasteiger partial charge in [-0.25, -0.2) is 4.79 Å². The van der Waals surface area contributed by atoms with Crippen molar-refractivity contribution >= 4 is 51.5 Å². The number of fused-ring (bicyclic) bond motifs is 1. The van der Waals surface area contributed by atoms with E-state index in [0.717, 1.165) is 0 Å². The normalized spacial score (nSPS) is 10.8. The molecule has 0 aliphatic rings. The van der Waals surface area contributed by atoms with Crippen LogP contribution in [0.2, 0.25) is 15.1 Å². The second-order valence-electron chi connectivity index (χ2n) is 8.31. The Morgan fingerprint density at radius 2 is 1.15 bits per heavy atom. The van der Waals surface area contributed by atoms with Crippen molar-refractivity contribution in [3.8, 4) is 34.5 Å². The van der Waals surface area contributed by atoms with Gasteiger partial charge in [0, 0.05) is 25.8 Å². The van der Waals surface area contributed by atoms with Gasteiger partial charge in [-0.15, -0.1) is 0 Å². The number of carbonyl (C=O) groups excluding carboxylic acids is 1. The highest BCUT2D eigenvalue weighted by atomic mass is 35.5. The van der Waals surface area contributed by atoms with Crippen LogP contribution in [0.25, 0.3) is 10.8 Å². The maximum atomic E-state index is 13.3. The molecule has 0 aromatic heterocycles. The number of esters is 1. The fourth-order valence-electron chi connectivity index (χ4n) is 3.89. The summed E-state index contributed by atoms with van der Waals surface area (Å²) >= 11 is 18.6. The molecule has 0 atom stereocenters. The average molecular weight is 580 g/mol. The second-order valence-corrected chi connectivity index (χ2v) is 9.62. The van der Waals surface area contributed by atoms with E-state index in [9.17, 15) is 4.79 Å². The predicted octanol–water partition coefficient (Wildman–Crippen LogP) is 10.0. The molecule has 0 saturated heterocycles. The van der Waals surface area contributed by atoms with Gasteiger partial charge in [-0.1, -0.05) is 53.0 Å². The van der Waals surface area contributed by atoms with Gasteiger partial charge in [0.05, 0.1) is 12.2 Å². The van der Waals surface area contributed by atoms with Crippen LogP contribution in [0.4, 0.5) is 0 Å². The molecule has 0 unspecified atom stereocenters. The Kier molecular flexibility index (Phi) is 8.13. The Labute approximate surface area is 240 Å². The van der Waals surface area contributed by atoms with Crippen molar-refractivity contribution in [3.05, 3.63) is 118 Å². The van der Waals surface area contributed by atoms with Crippen molar-refractivity contribution in [2.75, 3.05) is 6.61 Å². The van der Waals surface area contributed by atoms with E-state index in [1.54, 1.807) is 91.0 Å². The zero-order chi connectivity index (χ0) is 27.4. The van der Waals surface area contributed by atoms with Crippen molar-refractivity contribution in [3.63, 3.8) is 0 Å². The minimum Gasteiger partial charge on any atom is -0.489 e. The lowest BCUT2D eigenvalue weighted by molar-refractivity contribution is 0.0732. The van der Waals surface area contributed by atoms with Crippen molar-refractivity contribution in [1.82, 2.24) is 0 Å². The van der Waals surface area contributed by atoms with Gasteiger partial charge in [-0.3, -0.25) is 0 Å². The molecular formula is C31H21Cl3O5. The fourth-order valence-corrected chi connectivity index (χ4v) is 4.32. The van der Waals surface area contributed by atoms with Gasteiger partial charge in [-0.05, 0) is 85.8 Å². The van der Waals surface area contributed by atoms with Crippen LogP contribution in [-0.2, 0) is 0 Å². The first-order valence-electron chi connectivity index (χ1n) is 12.0. The molecule has 8 heteroatoms. The van der Waals surface area contributed by atoms with Crippen LogP contribution in [0.3, 0.4) is 0 Å². The van der Waals surface area contributed by atoms with E-state index in [2.05, 4.69) is 0 Å². The van der Waals surface area contributed by atoms with E-state index in [-0.39, 0.29) is 17.2 Å². The van der Waals surface area contributed by atoms with Crippen LogP contribution >= 0.6 is 34.8 Å². The summed E-state index contributed by atoms with van der Waals surface area (Å²) in [5.74, 6) is 1.15. The topological polar surface area (TPSA) is 54.0 Å². The molecule has 196 valence electrons. The third kappa shape index (κ3) is 6.07. The average Bonchev–Trinajstić information content (AvgIpc) is 2.95. The molecule has 0 spiro atoms. The van der Waals surface area contributed by atoms with Crippen LogP contribution in [0, 0.1) is 0 Å². The molecular weight excluding hydrogens is 559 g/mol. The van der Waals surface area contributed by atoms with Gasteiger partial charge in [-0.2, -0.15) is 0 Å². The van der Waals surface area contributed by atoms with Gasteiger partial charge < -0.3 is 18.9 Å². The van der Waals surface area contributed by atoms with Crippen molar-refractivity contribution < 1.29 is 23.7 Å². The standard InChI is InChI=1S/C31H21Cl3O5/c1-2-36-27-25-17-12-22(34)18-26(25)28(39-31(35)19-6-4-3-5-7-19)30(38-24-15-10-21(33)11-16-24)29(27)37-23-13-8-20(32)9-14-23/h3-18H,2H2,1H3. The van der Waals surface area contributed by atoms with E-state index in [0.29, 0.717) is 55.3 Å². The molecule has 0 N–H and O–H groups in total. The zero-order valence-electron chi connectivity index (χ0n) is 20.6. The molecule has 5 nitrogen and oxygen atoms in total. The highest BCUT2D eigenvalue weighted by Gasteiger charge is 2.28. The Bertz CT molecular complexity index is 1620. The lowest BCUT2D eigenvalue weighted by Crippen LogP contribution is -2.10. The summed E-state index contributed by atoms with van der Waals surface area (Å²) < 4.78 is 24.8. The highest BCUT2D eigenvalue weighted by molar-refractivity contribution is 6.31. The van der Waals surface area contributed by atoms with Gasteiger partial charge >= 0.3 is 5.97 Å². The van der Waals surface area contributed by atoms with E-state index in [4.69, 9.17) is 53.8 Å². The summed E-state index contributed by atoms with van der Waals surface area (Å²) in [5.41, 5.74) is 0.360.